The fraction of sp³-hybridized carbons (Fsp3) is 0.667. The van der Waals surface area contributed by atoms with Gasteiger partial charge >= 0.3 is 0 Å². The van der Waals surface area contributed by atoms with Crippen molar-refractivity contribution in [1.82, 2.24) is 5.32 Å². The number of ether oxygens (including phenoxy) is 1. The molecular formula is C18H31NO. The van der Waals surface area contributed by atoms with Gasteiger partial charge in [-0.25, -0.2) is 0 Å². The van der Waals surface area contributed by atoms with Crippen LogP contribution in [0, 0.1) is 10.8 Å². The van der Waals surface area contributed by atoms with Crippen molar-refractivity contribution >= 4 is 0 Å². The minimum Gasteiger partial charge on any atom is -0.494 e. The molecular weight excluding hydrogens is 246 g/mol. The number of rotatable bonds is 7. The maximum absolute atomic E-state index is 5.45. The summed E-state index contributed by atoms with van der Waals surface area (Å²) < 4.78 is 5.45. The molecule has 0 aliphatic rings. The van der Waals surface area contributed by atoms with Gasteiger partial charge in [0.15, 0.2) is 0 Å². The normalized spacial score (nSPS) is 12.5. The SMILES string of the molecule is CCOc1ccc(CNCC(C)(C)CC(C)(C)C)cc1. The van der Waals surface area contributed by atoms with Crippen LogP contribution in [0.4, 0.5) is 0 Å². The molecule has 2 nitrogen and oxygen atoms in total. The highest BCUT2D eigenvalue weighted by Crippen LogP contribution is 2.32. The van der Waals surface area contributed by atoms with E-state index in [-0.39, 0.29) is 0 Å². The first kappa shape index (κ1) is 17.0. The molecule has 0 saturated carbocycles. The van der Waals surface area contributed by atoms with Gasteiger partial charge in [0.25, 0.3) is 0 Å². The van der Waals surface area contributed by atoms with E-state index in [2.05, 4.69) is 52.1 Å². The number of hydrogen-bond donors (Lipinski definition) is 1. The first-order valence-corrected chi connectivity index (χ1v) is 7.64. The van der Waals surface area contributed by atoms with E-state index in [4.69, 9.17) is 4.74 Å². The molecule has 0 heterocycles. The summed E-state index contributed by atoms with van der Waals surface area (Å²) in [6.45, 7) is 16.3. The molecule has 0 fully saturated rings. The number of benzene rings is 1. The lowest BCUT2D eigenvalue weighted by molar-refractivity contribution is 0.206. The standard InChI is InChI=1S/C18H31NO/c1-7-20-16-10-8-15(9-11-16)12-19-14-18(5,6)13-17(2,3)4/h8-11,19H,7,12-14H2,1-6H3. The van der Waals surface area contributed by atoms with Crippen molar-refractivity contribution in [2.45, 2.75) is 54.5 Å². The third kappa shape index (κ3) is 6.95. The molecule has 20 heavy (non-hydrogen) atoms. The van der Waals surface area contributed by atoms with Crippen molar-refractivity contribution in [3.8, 4) is 5.75 Å². The highest BCUT2D eigenvalue weighted by Gasteiger charge is 2.24. The highest BCUT2D eigenvalue weighted by atomic mass is 16.5. The highest BCUT2D eigenvalue weighted by molar-refractivity contribution is 5.27. The van der Waals surface area contributed by atoms with Gasteiger partial charge in [0.05, 0.1) is 6.61 Å². The Morgan fingerprint density at radius 1 is 1.00 bits per heavy atom. The quantitative estimate of drug-likeness (QED) is 0.784. The zero-order valence-electron chi connectivity index (χ0n) is 14.0. The molecule has 1 rings (SSSR count). The smallest absolute Gasteiger partial charge is 0.119 e. The molecule has 0 atom stereocenters. The summed E-state index contributed by atoms with van der Waals surface area (Å²) in [5.41, 5.74) is 2.01. The van der Waals surface area contributed by atoms with Crippen molar-refractivity contribution in [2.75, 3.05) is 13.2 Å². The average molecular weight is 277 g/mol. The van der Waals surface area contributed by atoms with Crippen LogP contribution < -0.4 is 10.1 Å². The van der Waals surface area contributed by atoms with Crippen molar-refractivity contribution in [3.05, 3.63) is 29.8 Å². The summed E-state index contributed by atoms with van der Waals surface area (Å²) in [6.07, 6.45) is 1.22. The maximum atomic E-state index is 5.45. The van der Waals surface area contributed by atoms with E-state index in [1.165, 1.54) is 12.0 Å². The van der Waals surface area contributed by atoms with E-state index in [9.17, 15) is 0 Å². The first-order chi connectivity index (χ1) is 9.22. The zero-order chi connectivity index (χ0) is 15.2. The Hall–Kier alpha value is -1.02. The molecule has 114 valence electrons. The number of hydrogen-bond acceptors (Lipinski definition) is 2. The molecule has 0 saturated heterocycles. The fourth-order valence-electron chi connectivity index (χ4n) is 2.91. The van der Waals surface area contributed by atoms with Crippen LogP contribution in [-0.4, -0.2) is 13.2 Å². The maximum Gasteiger partial charge on any atom is 0.119 e. The summed E-state index contributed by atoms with van der Waals surface area (Å²) in [5, 5.41) is 3.58. The Kier molecular flexibility index (Phi) is 6.07. The summed E-state index contributed by atoms with van der Waals surface area (Å²) >= 11 is 0. The van der Waals surface area contributed by atoms with Crippen LogP contribution in [0.5, 0.6) is 5.75 Å². The third-order valence-corrected chi connectivity index (χ3v) is 3.18. The van der Waals surface area contributed by atoms with Crippen LogP contribution in [0.25, 0.3) is 0 Å². The molecule has 0 aliphatic carbocycles. The van der Waals surface area contributed by atoms with Gasteiger partial charge in [0, 0.05) is 13.1 Å². The molecule has 0 spiro atoms. The van der Waals surface area contributed by atoms with E-state index in [0.29, 0.717) is 10.8 Å². The Morgan fingerprint density at radius 2 is 1.60 bits per heavy atom. The Balaban J connectivity index is 2.40. The second-order valence-electron chi connectivity index (χ2n) is 7.58. The molecule has 2 heteroatoms. The van der Waals surface area contributed by atoms with Crippen LogP contribution in [-0.2, 0) is 6.54 Å². The van der Waals surface area contributed by atoms with E-state index in [1.54, 1.807) is 0 Å². The van der Waals surface area contributed by atoms with Crippen LogP contribution in [0.1, 0.15) is 53.5 Å². The van der Waals surface area contributed by atoms with E-state index in [0.717, 1.165) is 25.4 Å². The molecule has 0 unspecified atom stereocenters. The monoisotopic (exact) mass is 277 g/mol. The van der Waals surface area contributed by atoms with Gasteiger partial charge in [-0.3, -0.25) is 0 Å². The molecule has 0 bridgehead atoms. The fourth-order valence-corrected chi connectivity index (χ4v) is 2.91. The Bertz CT molecular complexity index is 387. The topological polar surface area (TPSA) is 21.3 Å². The van der Waals surface area contributed by atoms with Crippen LogP contribution >= 0.6 is 0 Å². The predicted octanol–water partition coefficient (Wildman–Crippen LogP) is 4.64. The molecule has 0 aliphatic heterocycles. The van der Waals surface area contributed by atoms with Crippen LogP contribution in [0.15, 0.2) is 24.3 Å². The Morgan fingerprint density at radius 3 is 2.10 bits per heavy atom. The van der Waals surface area contributed by atoms with Crippen molar-refractivity contribution in [3.63, 3.8) is 0 Å². The van der Waals surface area contributed by atoms with Gasteiger partial charge in [0.2, 0.25) is 0 Å². The van der Waals surface area contributed by atoms with Crippen molar-refractivity contribution in [1.29, 1.82) is 0 Å². The molecule has 1 aromatic rings. The number of nitrogens with one attached hydrogen (secondary N) is 1. The van der Waals surface area contributed by atoms with Crippen LogP contribution in [0.3, 0.4) is 0 Å². The lowest BCUT2D eigenvalue weighted by atomic mass is 9.76. The van der Waals surface area contributed by atoms with E-state index >= 15 is 0 Å². The minimum absolute atomic E-state index is 0.323. The van der Waals surface area contributed by atoms with Crippen LogP contribution in [0.2, 0.25) is 0 Å². The predicted molar refractivity (Wildman–Crippen MR) is 87.2 cm³/mol. The van der Waals surface area contributed by atoms with Gasteiger partial charge in [-0.2, -0.15) is 0 Å². The lowest BCUT2D eigenvalue weighted by Gasteiger charge is -2.32. The van der Waals surface area contributed by atoms with Gasteiger partial charge in [-0.1, -0.05) is 46.8 Å². The molecule has 1 N–H and O–H groups in total. The Labute approximate surface area is 124 Å². The third-order valence-electron chi connectivity index (χ3n) is 3.18. The minimum atomic E-state index is 0.323. The van der Waals surface area contributed by atoms with Crippen molar-refractivity contribution in [2.24, 2.45) is 10.8 Å². The van der Waals surface area contributed by atoms with Gasteiger partial charge in [-0.05, 0) is 41.9 Å². The molecule has 0 aromatic heterocycles. The lowest BCUT2D eigenvalue weighted by Crippen LogP contribution is -2.32. The first-order valence-electron chi connectivity index (χ1n) is 7.64. The molecule has 1 aromatic carbocycles. The van der Waals surface area contributed by atoms with E-state index < -0.39 is 0 Å². The summed E-state index contributed by atoms with van der Waals surface area (Å²) in [5.74, 6) is 0.948. The summed E-state index contributed by atoms with van der Waals surface area (Å²) in [7, 11) is 0. The van der Waals surface area contributed by atoms with Crippen molar-refractivity contribution < 1.29 is 4.74 Å². The van der Waals surface area contributed by atoms with Gasteiger partial charge in [-0.15, -0.1) is 0 Å². The molecule has 0 radical (unpaired) electrons. The average Bonchev–Trinajstić information content (AvgIpc) is 2.28. The summed E-state index contributed by atoms with van der Waals surface area (Å²) in [6, 6.07) is 8.35. The largest absolute Gasteiger partial charge is 0.494 e. The second kappa shape index (κ2) is 7.12. The van der Waals surface area contributed by atoms with E-state index in [1.807, 2.05) is 19.1 Å². The second-order valence-corrected chi connectivity index (χ2v) is 7.58. The molecule has 0 amide bonds. The summed E-state index contributed by atoms with van der Waals surface area (Å²) in [4.78, 5) is 0. The van der Waals surface area contributed by atoms with Gasteiger partial charge < -0.3 is 10.1 Å². The zero-order valence-corrected chi connectivity index (χ0v) is 14.0. The van der Waals surface area contributed by atoms with Gasteiger partial charge in [0.1, 0.15) is 5.75 Å².